The maximum atomic E-state index is 12.5. The van der Waals surface area contributed by atoms with E-state index in [4.69, 9.17) is 16.7 Å². The van der Waals surface area contributed by atoms with E-state index in [-0.39, 0.29) is 24.4 Å². The number of pyridine rings is 1. The van der Waals surface area contributed by atoms with E-state index in [0.717, 1.165) is 11.3 Å². The molecule has 0 aliphatic rings. The van der Waals surface area contributed by atoms with E-state index in [1.807, 2.05) is 35.0 Å². The third-order valence-corrected chi connectivity index (χ3v) is 5.00. The number of carboxylic acids is 1. The number of carbonyl (C=O) groups excluding carboxylic acids is 1. The van der Waals surface area contributed by atoms with Crippen molar-refractivity contribution in [3.8, 4) is 5.69 Å². The van der Waals surface area contributed by atoms with Gasteiger partial charge in [-0.1, -0.05) is 23.7 Å². The maximum Gasteiger partial charge on any atom is 0.341 e. The Morgan fingerprint density at radius 2 is 2.03 bits per heavy atom. The number of imidazole rings is 1. The topological polar surface area (TPSA) is 117 Å². The van der Waals surface area contributed by atoms with Crippen LogP contribution in [-0.4, -0.2) is 31.5 Å². The van der Waals surface area contributed by atoms with Crippen LogP contribution in [0.5, 0.6) is 0 Å². The average Bonchev–Trinajstić information content (AvgIpc) is 3.27. The Labute approximate surface area is 181 Å². The van der Waals surface area contributed by atoms with Crippen LogP contribution in [0.1, 0.15) is 21.5 Å². The predicted octanol–water partition coefficient (Wildman–Crippen LogP) is 2.92. The Bertz CT molecular complexity index is 1350. The van der Waals surface area contributed by atoms with Gasteiger partial charge < -0.3 is 20.0 Å². The Kier molecular flexibility index (Phi) is 5.55. The molecule has 0 atom stereocenters. The molecule has 0 bridgehead atoms. The van der Waals surface area contributed by atoms with Crippen LogP contribution < -0.4 is 10.9 Å². The van der Waals surface area contributed by atoms with Gasteiger partial charge in [0.15, 0.2) is 0 Å². The van der Waals surface area contributed by atoms with Gasteiger partial charge in [0.2, 0.25) is 5.91 Å². The van der Waals surface area contributed by atoms with Gasteiger partial charge in [0, 0.05) is 35.0 Å². The zero-order valence-electron chi connectivity index (χ0n) is 16.1. The van der Waals surface area contributed by atoms with Crippen LogP contribution in [0, 0.1) is 0 Å². The van der Waals surface area contributed by atoms with E-state index in [1.165, 1.54) is 6.07 Å². The molecule has 0 saturated heterocycles. The van der Waals surface area contributed by atoms with Gasteiger partial charge in [-0.05, 0) is 41.5 Å². The summed E-state index contributed by atoms with van der Waals surface area (Å²) in [5.41, 5.74) is 1.65. The van der Waals surface area contributed by atoms with E-state index < -0.39 is 11.5 Å². The molecule has 0 spiro atoms. The van der Waals surface area contributed by atoms with E-state index in [1.54, 1.807) is 24.7 Å². The number of amides is 1. The fraction of sp³-hybridized carbons (Fsp3) is 0.0909. The number of rotatable bonds is 6. The second-order valence-electron chi connectivity index (χ2n) is 6.94. The zero-order valence-corrected chi connectivity index (χ0v) is 16.9. The number of H-pyrrole nitrogens is 1. The van der Waals surface area contributed by atoms with Crippen LogP contribution in [0.3, 0.4) is 0 Å². The number of hydrogen-bond donors (Lipinski definition) is 3. The Morgan fingerprint density at radius 1 is 1.19 bits per heavy atom. The highest BCUT2D eigenvalue weighted by molar-refractivity contribution is 6.31. The number of nitrogens with one attached hydrogen (secondary N) is 2. The van der Waals surface area contributed by atoms with Crippen molar-refractivity contribution in [1.82, 2.24) is 19.9 Å². The fourth-order valence-electron chi connectivity index (χ4n) is 3.33. The van der Waals surface area contributed by atoms with Crippen molar-refractivity contribution in [3.05, 3.63) is 93.3 Å². The minimum absolute atomic E-state index is 0.124. The summed E-state index contributed by atoms with van der Waals surface area (Å²) < 4.78 is 1.85. The van der Waals surface area contributed by atoms with Crippen LogP contribution in [0.4, 0.5) is 0 Å². The third-order valence-electron chi connectivity index (χ3n) is 4.78. The normalized spacial score (nSPS) is 10.9. The molecular formula is C22H17ClN4O4. The highest BCUT2D eigenvalue weighted by atomic mass is 35.5. The molecule has 0 fully saturated rings. The molecular weight excluding hydrogens is 420 g/mol. The fourth-order valence-corrected chi connectivity index (χ4v) is 3.58. The van der Waals surface area contributed by atoms with E-state index >= 15 is 0 Å². The number of carboxylic acid groups (broad SMARTS) is 1. The molecule has 31 heavy (non-hydrogen) atoms. The minimum Gasteiger partial charge on any atom is -0.477 e. The lowest BCUT2D eigenvalue weighted by Crippen LogP contribution is -2.25. The van der Waals surface area contributed by atoms with Gasteiger partial charge in [-0.3, -0.25) is 9.59 Å². The molecule has 4 aromatic rings. The number of benzene rings is 2. The summed E-state index contributed by atoms with van der Waals surface area (Å²) in [6.45, 7) is 0.124. The van der Waals surface area contributed by atoms with E-state index in [2.05, 4.69) is 15.3 Å². The van der Waals surface area contributed by atoms with Crippen molar-refractivity contribution in [2.24, 2.45) is 0 Å². The first-order valence-electron chi connectivity index (χ1n) is 9.33. The lowest BCUT2D eigenvalue weighted by atomic mass is 10.1. The molecule has 2 aromatic carbocycles. The van der Waals surface area contributed by atoms with Crippen LogP contribution in [0.15, 0.2) is 66.0 Å². The number of hydrogen-bond acceptors (Lipinski definition) is 4. The second-order valence-corrected chi connectivity index (χ2v) is 7.38. The molecule has 0 saturated carbocycles. The first-order chi connectivity index (χ1) is 14.9. The summed E-state index contributed by atoms with van der Waals surface area (Å²) in [7, 11) is 0. The van der Waals surface area contributed by atoms with Gasteiger partial charge in [-0.2, -0.15) is 0 Å². The maximum absolute atomic E-state index is 12.5. The van der Waals surface area contributed by atoms with E-state index in [9.17, 15) is 14.4 Å². The smallest absolute Gasteiger partial charge is 0.341 e. The molecule has 8 nitrogen and oxygen atoms in total. The highest BCUT2D eigenvalue weighted by Crippen LogP contribution is 2.22. The number of aromatic nitrogens is 3. The quantitative estimate of drug-likeness (QED) is 0.429. The van der Waals surface area contributed by atoms with Gasteiger partial charge in [-0.25, -0.2) is 9.78 Å². The Hall–Kier alpha value is -3.91. The summed E-state index contributed by atoms with van der Waals surface area (Å²) in [5.74, 6) is -1.53. The lowest BCUT2D eigenvalue weighted by Gasteiger charge is -2.11. The number of aromatic carboxylic acids is 1. The van der Waals surface area contributed by atoms with Gasteiger partial charge in [-0.15, -0.1) is 0 Å². The number of aromatic amines is 1. The first kappa shape index (κ1) is 20.4. The molecule has 156 valence electrons. The summed E-state index contributed by atoms with van der Waals surface area (Å²) in [6, 6.07) is 12.0. The largest absolute Gasteiger partial charge is 0.477 e. The van der Waals surface area contributed by atoms with Crippen molar-refractivity contribution in [2.75, 3.05) is 0 Å². The first-order valence-corrected chi connectivity index (χ1v) is 9.71. The molecule has 0 unspecified atom stereocenters. The SMILES string of the molecule is O=C(Cc1cccc(-n2ccnc2)c1)NCc1cc(Cl)cc2cc(C(=O)O)c(=O)[nH]c12. The van der Waals surface area contributed by atoms with E-state index in [0.29, 0.717) is 21.5 Å². The predicted molar refractivity (Wildman–Crippen MR) is 116 cm³/mol. The third kappa shape index (κ3) is 4.49. The molecule has 9 heteroatoms. The van der Waals surface area contributed by atoms with Crippen LogP contribution >= 0.6 is 11.6 Å². The van der Waals surface area contributed by atoms with Gasteiger partial charge >= 0.3 is 5.97 Å². The van der Waals surface area contributed by atoms with Crippen molar-refractivity contribution in [2.45, 2.75) is 13.0 Å². The van der Waals surface area contributed by atoms with Crippen molar-refractivity contribution in [3.63, 3.8) is 0 Å². The minimum atomic E-state index is -1.32. The number of halogens is 1. The second kappa shape index (κ2) is 8.45. The van der Waals surface area contributed by atoms with Crippen LogP contribution in [0.25, 0.3) is 16.6 Å². The molecule has 0 aliphatic heterocycles. The number of carbonyl (C=O) groups is 2. The van der Waals surface area contributed by atoms with Crippen molar-refractivity contribution >= 4 is 34.4 Å². The standard InChI is InChI=1S/C22H17ClN4O4/c23-16-8-14-10-18(22(30)31)21(29)26-20(14)15(9-16)11-25-19(28)7-13-2-1-3-17(6-13)27-5-4-24-12-27/h1-6,8-10,12H,7,11H2,(H,25,28)(H,26,29)(H,30,31). The van der Waals surface area contributed by atoms with Gasteiger partial charge in [0.05, 0.1) is 18.3 Å². The van der Waals surface area contributed by atoms with Crippen molar-refractivity contribution in [1.29, 1.82) is 0 Å². The van der Waals surface area contributed by atoms with Crippen LogP contribution in [0.2, 0.25) is 5.02 Å². The molecule has 2 aromatic heterocycles. The Morgan fingerprint density at radius 3 is 2.77 bits per heavy atom. The lowest BCUT2D eigenvalue weighted by molar-refractivity contribution is -0.120. The van der Waals surface area contributed by atoms with Gasteiger partial charge in [0.25, 0.3) is 5.56 Å². The molecule has 0 radical (unpaired) electrons. The Balaban J connectivity index is 1.52. The summed E-state index contributed by atoms with van der Waals surface area (Å²) in [6.07, 6.45) is 5.35. The molecule has 3 N–H and O–H groups in total. The average molecular weight is 437 g/mol. The molecule has 2 heterocycles. The monoisotopic (exact) mass is 436 g/mol. The van der Waals surface area contributed by atoms with Crippen LogP contribution in [-0.2, 0) is 17.8 Å². The summed E-state index contributed by atoms with van der Waals surface area (Å²) in [5, 5.41) is 12.8. The molecule has 0 aliphatic carbocycles. The molecule has 4 rings (SSSR count). The van der Waals surface area contributed by atoms with Gasteiger partial charge in [0.1, 0.15) is 5.56 Å². The highest BCUT2D eigenvalue weighted by Gasteiger charge is 2.13. The number of fused-ring (bicyclic) bond motifs is 1. The zero-order chi connectivity index (χ0) is 22.0. The summed E-state index contributed by atoms with van der Waals surface area (Å²) >= 11 is 6.15. The molecule has 1 amide bonds. The summed E-state index contributed by atoms with van der Waals surface area (Å²) in [4.78, 5) is 42.4. The number of nitrogens with zero attached hydrogens (tertiary/aromatic N) is 2. The van der Waals surface area contributed by atoms with Crippen molar-refractivity contribution < 1.29 is 14.7 Å².